The number of aliphatic hydroxyl groups excluding tert-OH is 1. The predicted molar refractivity (Wildman–Crippen MR) is 79.5 cm³/mol. The first-order valence-corrected chi connectivity index (χ1v) is 7.65. The molecule has 0 radical (unpaired) electrons. The molecule has 5 heteroatoms. The van der Waals surface area contributed by atoms with E-state index >= 15 is 0 Å². The van der Waals surface area contributed by atoms with Crippen molar-refractivity contribution in [3.63, 3.8) is 0 Å². The molecule has 1 aliphatic rings. The van der Waals surface area contributed by atoms with Gasteiger partial charge in [0.25, 0.3) is 5.91 Å². The first kappa shape index (κ1) is 14.8. The van der Waals surface area contributed by atoms with E-state index in [9.17, 15) is 9.90 Å². The second-order valence-electron chi connectivity index (χ2n) is 4.97. The van der Waals surface area contributed by atoms with Gasteiger partial charge in [0.2, 0.25) is 0 Å². The van der Waals surface area contributed by atoms with Crippen molar-refractivity contribution in [3.05, 3.63) is 33.3 Å². The first-order chi connectivity index (χ1) is 9.10. The minimum Gasteiger partial charge on any atom is -0.396 e. The van der Waals surface area contributed by atoms with Crippen LogP contribution in [0.1, 0.15) is 36.0 Å². The van der Waals surface area contributed by atoms with Crippen LogP contribution in [0.2, 0.25) is 5.02 Å². The van der Waals surface area contributed by atoms with Crippen LogP contribution in [0, 0.1) is 5.92 Å². The Morgan fingerprint density at radius 3 is 2.79 bits per heavy atom. The van der Waals surface area contributed by atoms with Crippen LogP contribution < -0.4 is 5.32 Å². The molecule has 0 heterocycles. The summed E-state index contributed by atoms with van der Waals surface area (Å²) in [5, 5.41) is 12.9. The number of carbonyl (C=O) groups excluding carboxylic acids is 1. The van der Waals surface area contributed by atoms with Crippen molar-refractivity contribution in [2.45, 2.75) is 31.7 Å². The second kappa shape index (κ2) is 6.73. The Morgan fingerprint density at radius 1 is 1.37 bits per heavy atom. The summed E-state index contributed by atoms with van der Waals surface area (Å²) in [6.45, 7) is 0.129. The van der Waals surface area contributed by atoms with Crippen LogP contribution in [0.3, 0.4) is 0 Å². The van der Waals surface area contributed by atoms with Crippen LogP contribution >= 0.6 is 27.5 Å². The lowest BCUT2D eigenvalue weighted by atomic mass is 9.85. The van der Waals surface area contributed by atoms with Crippen molar-refractivity contribution in [1.29, 1.82) is 0 Å². The minimum absolute atomic E-state index is 0.0593. The van der Waals surface area contributed by atoms with Gasteiger partial charge in [0.1, 0.15) is 0 Å². The number of halogens is 2. The van der Waals surface area contributed by atoms with Crippen LogP contribution in [-0.4, -0.2) is 23.7 Å². The van der Waals surface area contributed by atoms with Crippen LogP contribution in [0.15, 0.2) is 22.7 Å². The molecular weight excluding hydrogens is 330 g/mol. The molecule has 1 amide bonds. The number of aliphatic hydroxyl groups is 1. The Morgan fingerprint density at radius 2 is 2.11 bits per heavy atom. The molecular formula is C14H17BrClNO2. The highest BCUT2D eigenvalue weighted by atomic mass is 79.9. The molecule has 1 aromatic carbocycles. The Balaban J connectivity index is 2.07. The van der Waals surface area contributed by atoms with Gasteiger partial charge in [-0.2, -0.15) is 0 Å². The molecule has 19 heavy (non-hydrogen) atoms. The second-order valence-corrected chi connectivity index (χ2v) is 6.32. The van der Waals surface area contributed by atoms with Crippen molar-refractivity contribution in [1.82, 2.24) is 5.32 Å². The smallest absolute Gasteiger partial charge is 0.251 e. The van der Waals surface area contributed by atoms with Crippen LogP contribution in [0.5, 0.6) is 0 Å². The molecule has 0 spiro atoms. The molecule has 0 saturated heterocycles. The zero-order valence-corrected chi connectivity index (χ0v) is 12.9. The fourth-order valence-corrected chi connectivity index (χ4v) is 3.41. The fraction of sp³-hybridized carbons (Fsp3) is 0.500. The summed E-state index contributed by atoms with van der Waals surface area (Å²) in [5.74, 6) is 0.0360. The van der Waals surface area contributed by atoms with Crippen LogP contribution in [0.25, 0.3) is 0 Å². The van der Waals surface area contributed by atoms with Gasteiger partial charge >= 0.3 is 0 Å². The van der Waals surface area contributed by atoms with Gasteiger partial charge in [0.05, 0.1) is 0 Å². The van der Waals surface area contributed by atoms with Gasteiger partial charge < -0.3 is 10.4 Å². The Hall–Kier alpha value is -0.580. The molecule has 1 fully saturated rings. The van der Waals surface area contributed by atoms with Crippen molar-refractivity contribution >= 4 is 33.4 Å². The molecule has 2 rings (SSSR count). The van der Waals surface area contributed by atoms with Crippen LogP contribution in [-0.2, 0) is 0 Å². The molecule has 0 bridgehead atoms. The van der Waals surface area contributed by atoms with Crippen LogP contribution in [0.4, 0.5) is 0 Å². The molecule has 2 N–H and O–H groups in total. The summed E-state index contributed by atoms with van der Waals surface area (Å²) in [6, 6.07) is 5.20. The molecule has 2 unspecified atom stereocenters. The van der Waals surface area contributed by atoms with Gasteiger partial charge in [0.15, 0.2) is 0 Å². The third kappa shape index (κ3) is 3.94. The summed E-state index contributed by atoms with van der Waals surface area (Å²) in [6.07, 6.45) is 4.13. The zero-order chi connectivity index (χ0) is 13.8. The average Bonchev–Trinajstić information content (AvgIpc) is 2.38. The van der Waals surface area contributed by atoms with Gasteiger partial charge in [0, 0.05) is 33.6 Å². The highest BCUT2D eigenvalue weighted by molar-refractivity contribution is 9.10. The molecule has 2 atom stereocenters. The highest BCUT2D eigenvalue weighted by Gasteiger charge is 2.26. The topological polar surface area (TPSA) is 49.3 Å². The summed E-state index contributed by atoms with van der Waals surface area (Å²) in [7, 11) is 0. The third-order valence-electron chi connectivity index (χ3n) is 3.58. The number of hydrogen-bond donors (Lipinski definition) is 2. The summed E-state index contributed by atoms with van der Waals surface area (Å²) in [4.78, 5) is 12.2. The lowest BCUT2D eigenvalue weighted by molar-refractivity contribution is 0.0872. The van der Waals surface area contributed by atoms with E-state index in [4.69, 9.17) is 11.6 Å². The minimum atomic E-state index is -0.131. The Labute approximate surface area is 126 Å². The summed E-state index contributed by atoms with van der Waals surface area (Å²) in [5.41, 5.74) is 0.543. The van der Waals surface area contributed by atoms with Gasteiger partial charge in [-0.15, -0.1) is 0 Å². The summed E-state index contributed by atoms with van der Waals surface area (Å²) >= 11 is 9.27. The van der Waals surface area contributed by atoms with Crippen molar-refractivity contribution in [2.24, 2.45) is 5.92 Å². The number of hydrogen-bond acceptors (Lipinski definition) is 2. The predicted octanol–water partition coefficient (Wildman–Crippen LogP) is 3.38. The normalized spacial score (nSPS) is 23.1. The molecule has 0 aliphatic heterocycles. The van der Waals surface area contributed by atoms with E-state index in [2.05, 4.69) is 21.2 Å². The molecule has 1 aliphatic carbocycles. The SMILES string of the molecule is O=C(NC1CCCCC1CO)c1cc(Cl)cc(Br)c1. The van der Waals surface area contributed by atoms with Crippen molar-refractivity contribution in [2.75, 3.05) is 6.61 Å². The number of benzene rings is 1. The number of amides is 1. The highest BCUT2D eigenvalue weighted by Crippen LogP contribution is 2.25. The van der Waals surface area contributed by atoms with E-state index in [1.807, 2.05) is 0 Å². The van der Waals surface area contributed by atoms with Gasteiger partial charge in [-0.1, -0.05) is 40.4 Å². The molecule has 0 aromatic heterocycles. The number of nitrogens with one attached hydrogen (secondary N) is 1. The summed E-state index contributed by atoms with van der Waals surface area (Å²) < 4.78 is 0.785. The van der Waals surface area contributed by atoms with E-state index in [1.54, 1.807) is 18.2 Å². The largest absolute Gasteiger partial charge is 0.396 e. The molecule has 1 aromatic rings. The lowest BCUT2D eigenvalue weighted by Gasteiger charge is -2.30. The monoisotopic (exact) mass is 345 g/mol. The van der Waals surface area contributed by atoms with E-state index in [-0.39, 0.29) is 24.5 Å². The van der Waals surface area contributed by atoms with E-state index < -0.39 is 0 Å². The quantitative estimate of drug-likeness (QED) is 0.881. The molecule has 104 valence electrons. The zero-order valence-electron chi connectivity index (χ0n) is 10.5. The number of rotatable bonds is 3. The fourth-order valence-electron chi connectivity index (χ4n) is 2.55. The maximum Gasteiger partial charge on any atom is 0.251 e. The molecule has 3 nitrogen and oxygen atoms in total. The average molecular weight is 347 g/mol. The lowest BCUT2D eigenvalue weighted by Crippen LogP contribution is -2.43. The number of carbonyl (C=O) groups is 1. The Bertz CT molecular complexity index is 447. The third-order valence-corrected chi connectivity index (χ3v) is 4.26. The molecule has 1 saturated carbocycles. The van der Waals surface area contributed by atoms with Gasteiger partial charge in [-0.05, 0) is 31.0 Å². The van der Waals surface area contributed by atoms with E-state index in [0.717, 1.165) is 30.2 Å². The van der Waals surface area contributed by atoms with E-state index in [0.29, 0.717) is 10.6 Å². The maximum atomic E-state index is 12.2. The van der Waals surface area contributed by atoms with Gasteiger partial charge in [-0.25, -0.2) is 0 Å². The maximum absolute atomic E-state index is 12.2. The van der Waals surface area contributed by atoms with Crippen molar-refractivity contribution < 1.29 is 9.90 Å². The first-order valence-electron chi connectivity index (χ1n) is 6.48. The standard InChI is InChI=1S/C14H17BrClNO2/c15-11-5-10(6-12(16)7-11)14(19)17-13-4-2-1-3-9(13)8-18/h5-7,9,13,18H,1-4,8H2,(H,17,19). The van der Waals surface area contributed by atoms with Gasteiger partial charge in [-0.3, -0.25) is 4.79 Å². The van der Waals surface area contributed by atoms with Crippen molar-refractivity contribution in [3.8, 4) is 0 Å². The Kier molecular flexibility index (Phi) is 5.25. The van der Waals surface area contributed by atoms with E-state index in [1.165, 1.54) is 0 Å².